The maximum Gasteiger partial charge on any atom is 0.0692 e. The Balaban J connectivity index is 2.86. The van der Waals surface area contributed by atoms with Crippen LogP contribution in [0.5, 0.6) is 0 Å². The molecular formula is C11H14N2. The maximum atomic E-state index is 5.86. The van der Waals surface area contributed by atoms with Gasteiger partial charge in [0.2, 0.25) is 0 Å². The molecule has 0 fully saturated rings. The van der Waals surface area contributed by atoms with Gasteiger partial charge >= 0.3 is 0 Å². The van der Waals surface area contributed by atoms with Crippen molar-refractivity contribution < 1.29 is 0 Å². The maximum absolute atomic E-state index is 5.86. The van der Waals surface area contributed by atoms with Crippen LogP contribution in [0.15, 0.2) is 18.2 Å². The summed E-state index contributed by atoms with van der Waals surface area (Å²) in [7, 11) is 0. The standard InChI is InChI=1S/C11H14N2/c1-3-8-7(2)13-11-9(8)5-4-6-10(11)12/h4-6,13H,3,12H2,1-2H3. The summed E-state index contributed by atoms with van der Waals surface area (Å²) in [5.74, 6) is 0. The summed E-state index contributed by atoms with van der Waals surface area (Å²) >= 11 is 0. The molecule has 0 spiro atoms. The molecule has 0 bridgehead atoms. The Bertz CT molecular complexity index is 441. The number of aromatic amines is 1. The van der Waals surface area contributed by atoms with Crippen molar-refractivity contribution in [2.24, 2.45) is 0 Å². The molecule has 0 unspecified atom stereocenters. The van der Waals surface area contributed by atoms with E-state index in [1.807, 2.05) is 12.1 Å². The van der Waals surface area contributed by atoms with Gasteiger partial charge in [-0.2, -0.15) is 0 Å². The van der Waals surface area contributed by atoms with Gasteiger partial charge in [-0.1, -0.05) is 19.1 Å². The second-order valence-electron chi connectivity index (χ2n) is 3.35. The molecule has 0 saturated heterocycles. The number of fused-ring (bicyclic) bond motifs is 1. The third-order valence-corrected chi connectivity index (χ3v) is 2.54. The highest BCUT2D eigenvalue weighted by Crippen LogP contribution is 2.26. The Morgan fingerprint density at radius 2 is 2.15 bits per heavy atom. The van der Waals surface area contributed by atoms with Crippen molar-refractivity contribution >= 4 is 16.6 Å². The number of nitrogens with two attached hydrogens (primary N) is 1. The molecule has 2 nitrogen and oxygen atoms in total. The number of aryl methyl sites for hydroxylation is 2. The lowest BCUT2D eigenvalue weighted by atomic mass is 10.1. The third-order valence-electron chi connectivity index (χ3n) is 2.54. The molecular weight excluding hydrogens is 160 g/mol. The van der Waals surface area contributed by atoms with Crippen molar-refractivity contribution in [3.63, 3.8) is 0 Å². The number of benzene rings is 1. The van der Waals surface area contributed by atoms with Gasteiger partial charge in [-0.3, -0.25) is 0 Å². The zero-order valence-electron chi connectivity index (χ0n) is 8.02. The summed E-state index contributed by atoms with van der Waals surface area (Å²) < 4.78 is 0. The molecule has 2 rings (SSSR count). The number of para-hydroxylation sites is 1. The molecule has 3 N–H and O–H groups in total. The van der Waals surface area contributed by atoms with E-state index in [9.17, 15) is 0 Å². The van der Waals surface area contributed by atoms with Crippen LogP contribution in [0, 0.1) is 6.92 Å². The predicted octanol–water partition coefficient (Wildman–Crippen LogP) is 2.62. The van der Waals surface area contributed by atoms with Gasteiger partial charge in [0.05, 0.1) is 11.2 Å². The summed E-state index contributed by atoms with van der Waals surface area (Å²) in [4.78, 5) is 3.32. The van der Waals surface area contributed by atoms with Gasteiger partial charge in [0, 0.05) is 11.1 Å². The van der Waals surface area contributed by atoms with E-state index >= 15 is 0 Å². The number of aromatic nitrogens is 1. The highest BCUT2D eigenvalue weighted by Gasteiger charge is 2.07. The van der Waals surface area contributed by atoms with E-state index < -0.39 is 0 Å². The molecule has 1 aromatic carbocycles. The van der Waals surface area contributed by atoms with Gasteiger partial charge in [0.25, 0.3) is 0 Å². The average Bonchev–Trinajstić information content (AvgIpc) is 2.43. The lowest BCUT2D eigenvalue weighted by Crippen LogP contribution is -1.85. The molecule has 1 heterocycles. The van der Waals surface area contributed by atoms with Gasteiger partial charge in [0.15, 0.2) is 0 Å². The largest absolute Gasteiger partial charge is 0.397 e. The second kappa shape index (κ2) is 2.80. The fourth-order valence-electron chi connectivity index (χ4n) is 1.88. The van der Waals surface area contributed by atoms with Gasteiger partial charge in [-0.15, -0.1) is 0 Å². The molecule has 2 aromatic rings. The monoisotopic (exact) mass is 174 g/mol. The van der Waals surface area contributed by atoms with Crippen LogP contribution in [-0.2, 0) is 6.42 Å². The van der Waals surface area contributed by atoms with Crippen LogP contribution in [0.2, 0.25) is 0 Å². The van der Waals surface area contributed by atoms with Crippen molar-refractivity contribution in [3.8, 4) is 0 Å². The van der Waals surface area contributed by atoms with Crippen LogP contribution < -0.4 is 5.73 Å². The van der Waals surface area contributed by atoms with Crippen LogP contribution in [0.25, 0.3) is 10.9 Å². The first kappa shape index (κ1) is 8.17. The van der Waals surface area contributed by atoms with E-state index in [0.29, 0.717) is 0 Å². The summed E-state index contributed by atoms with van der Waals surface area (Å²) in [6.07, 6.45) is 1.05. The lowest BCUT2D eigenvalue weighted by molar-refractivity contribution is 1.11. The number of nitrogen functional groups attached to an aromatic ring is 1. The Labute approximate surface area is 77.8 Å². The van der Waals surface area contributed by atoms with E-state index in [1.54, 1.807) is 0 Å². The van der Waals surface area contributed by atoms with Crippen molar-refractivity contribution in [3.05, 3.63) is 29.5 Å². The van der Waals surface area contributed by atoms with Crippen LogP contribution in [0.4, 0.5) is 5.69 Å². The predicted molar refractivity (Wildman–Crippen MR) is 56.8 cm³/mol. The normalized spacial score (nSPS) is 10.9. The number of nitrogens with one attached hydrogen (secondary N) is 1. The second-order valence-corrected chi connectivity index (χ2v) is 3.35. The Kier molecular flexibility index (Phi) is 1.76. The van der Waals surface area contributed by atoms with Crippen LogP contribution in [0.3, 0.4) is 0 Å². The minimum Gasteiger partial charge on any atom is -0.397 e. The van der Waals surface area contributed by atoms with Gasteiger partial charge in [0.1, 0.15) is 0 Å². The number of anilines is 1. The number of H-pyrrole nitrogens is 1. The van der Waals surface area contributed by atoms with Gasteiger partial charge < -0.3 is 10.7 Å². The number of hydrogen-bond donors (Lipinski definition) is 2. The van der Waals surface area contributed by atoms with E-state index in [4.69, 9.17) is 5.73 Å². The Morgan fingerprint density at radius 1 is 1.38 bits per heavy atom. The quantitative estimate of drug-likeness (QED) is 0.641. The number of hydrogen-bond acceptors (Lipinski definition) is 1. The van der Waals surface area contributed by atoms with Crippen LogP contribution in [0.1, 0.15) is 18.2 Å². The van der Waals surface area contributed by atoms with Crippen molar-refractivity contribution in [1.29, 1.82) is 0 Å². The fourth-order valence-corrected chi connectivity index (χ4v) is 1.88. The molecule has 1 aromatic heterocycles. The average molecular weight is 174 g/mol. The highest BCUT2D eigenvalue weighted by molar-refractivity contribution is 5.93. The minimum atomic E-state index is 0.834. The van der Waals surface area contributed by atoms with Crippen LogP contribution >= 0.6 is 0 Å². The summed E-state index contributed by atoms with van der Waals surface area (Å²) in [6.45, 7) is 4.26. The van der Waals surface area contributed by atoms with Crippen LogP contribution in [-0.4, -0.2) is 4.98 Å². The summed E-state index contributed by atoms with van der Waals surface area (Å²) in [6, 6.07) is 6.05. The smallest absolute Gasteiger partial charge is 0.0692 e. The Morgan fingerprint density at radius 3 is 2.85 bits per heavy atom. The van der Waals surface area contributed by atoms with Gasteiger partial charge in [-0.25, -0.2) is 0 Å². The zero-order valence-corrected chi connectivity index (χ0v) is 8.02. The van der Waals surface area contributed by atoms with E-state index in [-0.39, 0.29) is 0 Å². The lowest BCUT2D eigenvalue weighted by Gasteiger charge is -1.96. The van der Waals surface area contributed by atoms with Gasteiger partial charge in [-0.05, 0) is 25.0 Å². The number of rotatable bonds is 1. The first-order valence-corrected chi connectivity index (χ1v) is 4.59. The molecule has 0 amide bonds. The van der Waals surface area contributed by atoms with Crippen molar-refractivity contribution in [2.45, 2.75) is 20.3 Å². The third kappa shape index (κ3) is 1.10. The molecule has 68 valence electrons. The molecule has 0 saturated carbocycles. The summed E-state index contributed by atoms with van der Waals surface area (Å²) in [5, 5.41) is 1.26. The van der Waals surface area contributed by atoms with Crippen molar-refractivity contribution in [2.75, 3.05) is 5.73 Å². The van der Waals surface area contributed by atoms with E-state index in [1.165, 1.54) is 16.6 Å². The fraction of sp³-hybridized carbons (Fsp3) is 0.273. The topological polar surface area (TPSA) is 41.8 Å². The minimum absolute atomic E-state index is 0.834. The zero-order chi connectivity index (χ0) is 9.42. The molecule has 2 heteroatoms. The molecule has 0 aliphatic rings. The first-order valence-electron chi connectivity index (χ1n) is 4.59. The molecule has 13 heavy (non-hydrogen) atoms. The SMILES string of the molecule is CCc1c(C)[nH]c2c(N)cccc12. The van der Waals surface area contributed by atoms with E-state index in [0.717, 1.165) is 17.6 Å². The first-order chi connectivity index (χ1) is 6.24. The molecule has 0 aliphatic carbocycles. The molecule has 0 radical (unpaired) electrons. The Hall–Kier alpha value is -1.44. The molecule has 0 aliphatic heterocycles. The highest BCUT2D eigenvalue weighted by atomic mass is 14.7. The summed E-state index contributed by atoms with van der Waals surface area (Å²) in [5.41, 5.74) is 10.4. The molecule has 0 atom stereocenters. The van der Waals surface area contributed by atoms with E-state index in [2.05, 4.69) is 24.9 Å². The van der Waals surface area contributed by atoms with Crippen molar-refractivity contribution in [1.82, 2.24) is 4.98 Å².